The van der Waals surface area contributed by atoms with E-state index in [4.69, 9.17) is 5.73 Å². The lowest BCUT2D eigenvalue weighted by molar-refractivity contribution is 0.424. The molecular weight excluding hydrogens is 340 g/mol. The molecule has 0 aromatic carbocycles. The predicted molar refractivity (Wildman–Crippen MR) is 94.5 cm³/mol. The second kappa shape index (κ2) is 6.47. The normalized spacial score (nSPS) is 23.2. The average Bonchev–Trinajstić information content (AvgIpc) is 3.36. The maximum atomic E-state index is 14.1. The molecule has 136 valence electrons. The number of hydrogen-bond donors (Lipinski definition) is 2. The second-order valence-electron chi connectivity index (χ2n) is 6.58. The predicted octanol–water partition coefficient (Wildman–Crippen LogP) is 2.45. The summed E-state index contributed by atoms with van der Waals surface area (Å²) in [5.41, 5.74) is 7.29. The molecule has 1 aliphatic heterocycles. The highest BCUT2D eigenvalue weighted by molar-refractivity contribution is 6.07. The van der Waals surface area contributed by atoms with Gasteiger partial charge in [0.15, 0.2) is 12.0 Å². The van der Waals surface area contributed by atoms with Crippen molar-refractivity contribution in [3.05, 3.63) is 41.6 Å². The molecule has 2 aromatic rings. The number of pyridine rings is 1. The van der Waals surface area contributed by atoms with Gasteiger partial charge >= 0.3 is 0 Å². The van der Waals surface area contributed by atoms with E-state index in [1.807, 2.05) is 6.07 Å². The second-order valence-corrected chi connectivity index (χ2v) is 6.58. The number of aromatic nitrogens is 3. The smallest absolute Gasteiger partial charge is 0.229 e. The van der Waals surface area contributed by atoms with Gasteiger partial charge in [-0.15, -0.1) is 0 Å². The fourth-order valence-corrected chi connectivity index (χ4v) is 2.82. The topological polar surface area (TPSA) is 95.5 Å². The molecule has 1 aliphatic carbocycles. The summed E-state index contributed by atoms with van der Waals surface area (Å²) in [7, 11) is 0. The summed E-state index contributed by atoms with van der Waals surface area (Å²) in [6.07, 6.45) is 2.00. The van der Waals surface area contributed by atoms with Gasteiger partial charge in [0.2, 0.25) is 5.96 Å². The lowest BCUT2D eigenvalue weighted by Gasteiger charge is -2.28. The molecular formula is C17H19F2N7. The standard InChI is InChI=1S/C17H19F2N7/c1-9(13-5-4-11(18)7-21-13)22-17-23-16(20)12(19)8-26(17)15-6-14(24-25-15)10-2-3-10/h4-7,9-10,12H,2-3,8H2,1H3,(H,24,25)(H2,20,22,23)/t9-,12?/m0/s1. The zero-order valence-electron chi connectivity index (χ0n) is 14.2. The molecule has 4 rings (SSSR count). The number of guanidine groups is 1. The van der Waals surface area contributed by atoms with E-state index in [-0.39, 0.29) is 18.3 Å². The Bertz CT molecular complexity index is 854. The number of alkyl halides is 1. The minimum atomic E-state index is -1.39. The van der Waals surface area contributed by atoms with Crippen LogP contribution in [0.3, 0.4) is 0 Å². The number of H-pyrrole nitrogens is 1. The molecule has 1 saturated carbocycles. The summed E-state index contributed by atoms with van der Waals surface area (Å²) in [5, 5.41) is 7.28. The van der Waals surface area contributed by atoms with Gasteiger partial charge in [0.05, 0.1) is 24.5 Å². The third-order valence-corrected chi connectivity index (χ3v) is 4.50. The Morgan fingerprint density at radius 2 is 2.19 bits per heavy atom. The van der Waals surface area contributed by atoms with Crippen molar-refractivity contribution in [1.82, 2.24) is 15.2 Å². The van der Waals surface area contributed by atoms with Crippen LogP contribution in [0.4, 0.5) is 14.6 Å². The number of nitrogens with two attached hydrogens (primary N) is 1. The highest BCUT2D eigenvalue weighted by Crippen LogP contribution is 2.40. The van der Waals surface area contributed by atoms with Crippen molar-refractivity contribution in [3.8, 4) is 0 Å². The minimum Gasteiger partial charge on any atom is -0.385 e. The van der Waals surface area contributed by atoms with Crippen LogP contribution in [0, 0.1) is 5.82 Å². The Labute approximate surface area is 149 Å². The molecule has 3 heterocycles. The summed E-state index contributed by atoms with van der Waals surface area (Å²) in [5.74, 6) is 0.794. The maximum Gasteiger partial charge on any atom is 0.229 e. The van der Waals surface area contributed by atoms with E-state index in [9.17, 15) is 8.78 Å². The van der Waals surface area contributed by atoms with Gasteiger partial charge in [-0.25, -0.2) is 13.8 Å². The summed E-state index contributed by atoms with van der Waals surface area (Å²) >= 11 is 0. The van der Waals surface area contributed by atoms with Crippen molar-refractivity contribution in [2.45, 2.75) is 37.9 Å². The van der Waals surface area contributed by atoms with Gasteiger partial charge in [0.25, 0.3) is 0 Å². The lowest BCUT2D eigenvalue weighted by Crippen LogP contribution is -2.47. The number of amidine groups is 1. The van der Waals surface area contributed by atoms with Crippen molar-refractivity contribution >= 4 is 17.6 Å². The van der Waals surface area contributed by atoms with Gasteiger partial charge in [0, 0.05) is 17.7 Å². The average molecular weight is 359 g/mol. The molecule has 0 radical (unpaired) electrons. The fraction of sp³-hybridized carbons (Fsp3) is 0.412. The summed E-state index contributed by atoms with van der Waals surface area (Å²) in [6, 6.07) is 4.38. The SMILES string of the molecule is C[C@H](N=C1N=C(N)C(F)CN1c1cc(C2CC2)[nH]n1)c1ccc(F)cn1. The molecule has 9 heteroatoms. The van der Waals surface area contributed by atoms with Crippen LogP contribution in [0.2, 0.25) is 0 Å². The first-order valence-corrected chi connectivity index (χ1v) is 8.51. The number of aromatic amines is 1. The van der Waals surface area contributed by atoms with Crippen molar-refractivity contribution < 1.29 is 8.78 Å². The largest absolute Gasteiger partial charge is 0.385 e. The van der Waals surface area contributed by atoms with Gasteiger partial charge in [-0.05, 0) is 31.9 Å². The Kier molecular flexibility index (Phi) is 4.14. The molecule has 1 unspecified atom stereocenters. The van der Waals surface area contributed by atoms with Crippen LogP contribution in [-0.4, -0.2) is 39.7 Å². The van der Waals surface area contributed by atoms with Crippen LogP contribution in [0.1, 0.15) is 43.1 Å². The number of hydrogen-bond acceptors (Lipinski definition) is 4. The van der Waals surface area contributed by atoms with E-state index in [2.05, 4.69) is 25.2 Å². The first-order chi connectivity index (χ1) is 12.5. The van der Waals surface area contributed by atoms with Crippen molar-refractivity contribution in [3.63, 3.8) is 0 Å². The Hall–Kier alpha value is -2.84. The quantitative estimate of drug-likeness (QED) is 0.876. The number of anilines is 1. The van der Waals surface area contributed by atoms with Gasteiger partial charge in [-0.3, -0.25) is 15.0 Å². The van der Waals surface area contributed by atoms with Crippen LogP contribution >= 0.6 is 0 Å². The van der Waals surface area contributed by atoms with E-state index < -0.39 is 18.0 Å². The Morgan fingerprint density at radius 3 is 2.88 bits per heavy atom. The fourth-order valence-electron chi connectivity index (χ4n) is 2.82. The Morgan fingerprint density at radius 1 is 1.38 bits per heavy atom. The molecule has 3 N–H and O–H groups in total. The molecule has 2 aliphatic rings. The summed E-state index contributed by atoms with van der Waals surface area (Å²) < 4.78 is 27.2. The summed E-state index contributed by atoms with van der Waals surface area (Å²) in [6.45, 7) is 1.80. The van der Waals surface area contributed by atoms with E-state index in [1.165, 1.54) is 6.07 Å². The third kappa shape index (κ3) is 3.29. The summed E-state index contributed by atoms with van der Waals surface area (Å²) in [4.78, 5) is 14.3. The number of rotatable bonds is 4. The van der Waals surface area contributed by atoms with Crippen LogP contribution in [-0.2, 0) is 0 Å². The molecule has 2 atom stereocenters. The molecule has 0 saturated heterocycles. The minimum absolute atomic E-state index is 0.00725. The van der Waals surface area contributed by atoms with Crippen LogP contribution in [0.25, 0.3) is 0 Å². The van der Waals surface area contributed by atoms with Gasteiger partial charge < -0.3 is 5.73 Å². The number of halogens is 2. The zero-order chi connectivity index (χ0) is 18.3. The van der Waals surface area contributed by atoms with E-state index in [0.29, 0.717) is 17.4 Å². The van der Waals surface area contributed by atoms with Crippen molar-refractivity contribution in [2.75, 3.05) is 11.4 Å². The Balaban J connectivity index is 1.65. The van der Waals surface area contributed by atoms with Crippen LogP contribution < -0.4 is 10.6 Å². The van der Waals surface area contributed by atoms with E-state index in [1.54, 1.807) is 17.9 Å². The number of nitrogens with one attached hydrogen (secondary N) is 1. The molecule has 0 bridgehead atoms. The molecule has 2 aromatic heterocycles. The van der Waals surface area contributed by atoms with Gasteiger partial charge in [-0.1, -0.05) is 0 Å². The maximum absolute atomic E-state index is 14.1. The van der Waals surface area contributed by atoms with Crippen molar-refractivity contribution in [2.24, 2.45) is 15.7 Å². The highest BCUT2D eigenvalue weighted by Gasteiger charge is 2.31. The monoisotopic (exact) mass is 359 g/mol. The third-order valence-electron chi connectivity index (χ3n) is 4.50. The van der Waals surface area contributed by atoms with E-state index in [0.717, 1.165) is 24.7 Å². The molecule has 7 nitrogen and oxygen atoms in total. The number of aliphatic imine (C=N–C) groups is 2. The highest BCUT2D eigenvalue weighted by atomic mass is 19.1. The van der Waals surface area contributed by atoms with Gasteiger partial charge in [0.1, 0.15) is 11.7 Å². The zero-order valence-corrected chi connectivity index (χ0v) is 14.2. The van der Waals surface area contributed by atoms with Gasteiger partial charge in [-0.2, -0.15) is 10.1 Å². The van der Waals surface area contributed by atoms with Crippen LogP contribution in [0.5, 0.6) is 0 Å². The molecule has 0 amide bonds. The lowest BCUT2D eigenvalue weighted by atomic mass is 10.2. The van der Waals surface area contributed by atoms with Crippen molar-refractivity contribution in [1.29, 1.82) is 0 Å². The molecule has 26 heavy (non-hydrogen) atoms. The molecule has 1 fully saturated rings. The first kappa shape index (κ1) is 16.6. The first-order valence-electron chi connectivity index (χ1n) is 8.51. The van der Waals surface area contributed by atoms with E-state index >= 15 is 0 Å². The molecule has 0 spiro atoms. The number of nitrogens with zero attached hydrogens (tertiary/aromatic N) is 5. The van der Waals surface area contributed by atoms with Crippen LogP contribution in [0.15, 0.2) is 34.4 Å².